The van der Waals surface area contributed by atoms with Crippen LogP contribution in [-0.2, 0) is 4.74 Å². The van der Waals surface area contributed by atoms with Crippen LogP contribution in [0.3, 0.4) is 0 Å². The van der Waals surface area contributed by atoms with Crippen LogP contribution in [0.5, 0.6) is 0 Å². The molecule has 0 aromatic heterocycles. The monoisotopic (exact) mass is 330 g/mol. The van der Waals surface area contributed by atoms with Gasteiger partial charge in [-0.05, 0) is 25.3 Å². The van der Waals surface area contributed by atoms with Gasteiger partial charge in [0.25, 0.3) is 0 Å². The second-order valence-electron chi connectivity index (χ2n) is 6.26. The van der Waals surface area contributed by atoms with E-state index in [1.165, 1.54) is 5.56 Å². The van der Waals surface area contributed by atoms with Crippen molar-refractivity contribution in [1.82, 2.24) is 16.0 Å². The summed E-state index contributed by atoms with van der Waals surface area (Å²) in [5, 5.41) is 10.5. The highest BCUT2D eigenvalue weighted by Crippen LogP contribution is 2.24. The summed E-state index contributed by atoms with van der Waals surface area (Å²) in [4.78, 5) is 4.27. The van der Waals surface area contributed by atoms with E-state index in [4.69, 9.17) is 4.74 Å². The number of guanidine groups is 1. The molecule has 0 radical (unpaired) electrons. The van der Waals surface area contributed by atoms with Crippen LogP contribution >= 0.6 is 0 Å². The van der Waals surface area contributed by atoms with Crippen LogP contribution in [0.2, 0.25) is 0 Å². The van der Waals surface area contributed by atoms with Crippen LogP contribution in [-0.4, -0.2) is 44.8 Å². The van der Waals surface area contributed by atoms with Gasteiger partial charge >= 0.3 is 0 Å². The van der Waals surface area contributed by atoms with Gasteiger partial charge in [0.05, 0.1) is 0 Å². The van der Waals surface area contributed by atoms with Gasteiger partial charge < -0.3 is 20.7 Å². The van der Waals surface area contributed by atoms with Crippen molar-refractivity contribution in [3.05, 3.63) is 48.6 Å². The molecule has 24 heavy (non-hydrogen) atoms. The summed E-state index contributed by atoms with van der Waals surface area (Å²) in [6.45, 7) is 9.03. The number of rotatable bonds is 7. The minimum atomic E-state index is -0.000687. The molecule has 0 aliphatic carbocycles. The second kappa shape index (κ2) is 9.45. The molecule has 1 aromatic carbocycles. The van der Waals surface area contributed by atoms with E-state index >= 15 is 0 Å². The van der Waals surface area contributed by atoms with Gasteiger partial charge in [0.2, 0.25) is 0 Å². The molecule has 0 amide bonds. The maximum atomic E-state index is 5.58. The molecule has 0 bridgehead atoms. The van der Waals surface area contributed by atoms with Crippen LogP contribution in [0.1, 0.15) is 31.4 Å². The molecule has 132 valence electrons. The average molecular weight is 330 g/mol. The second-order valence-corrected chi connectivity index (χ2v) is 6.26. The van der Waals surface area contributed by atoms with E-state index in [1.54, 1.807) is 7.05 Å². The third kappa shape index (κ3) is 5.35. The Hall–Kier alpha value is -1.85. The van der Waals surface area contributed by atoms with Gasteiger partial charge in [0.15, 0.2) is 5.96 Å². The molecule has 5 nitrogen and oxygen atoms in total. The standard InChI is InChI=1S/C19H30N4O/c1-4-12-21-18(20-3)22-15-19(10-13-24-14-11-19)23-16(2)17-8-6-5-7-9-17/h4-9,16,23H,1,10-15H2,2-3H3,(H2,20,21,22). The smallest absolute Gasteiger partial charge is 0.191 e. The SMILES string of the molecule is C=CCNC(=NC)NCC1(NC(C)c2ccccc2)CCOCC1. The topological polar surface area (TPSA) is 57.7 Å². The Balaban J connectivity index is 2.01. The molecule has 0 spiro atoms. The molecule has 0 saturated carbocycles. The fraction of sp³-hybridized carbons (Fsp3) is 0.526. The predicted octanol–water partition coefficient (Wildman–Crippen LogP) is 2.24. The third-order valence-electron chi connectivity index (χ3n) is 4.50. The normalized spacial score (nSPS) is 18.7. The van der Waals surface area contributed by atoms with Crippen LogP contribution in [0.4, 0.5) is 0 Å². The average Bonchev–Trinajstić information content (AvgIpc) is 2.63. The number of nitrogens with zero attached hydrogens (tertiary/aromatic N) is 1. The highest BCUT2D eigenvalue weighted by molar-refractivity contribution is 5.79. The fourth-order valence-electron chi connectivity index (χ4n) is 3.06. The molecule has 1 heterocycles. The van der Waals surface area contributed by atoms with Gasteiger partial charge in [-0.15, -0.1) is 6.58 Å². The van der Waals surface area contributed by atoms with Gasteiger partial charge in [0, 0.05) is 44.9 Å². The van der Waals surface area contributed by atoms with Crippen LogP contribution < -0.4 is 16.0 Å². The zero-order valence-corrected chi connectivity index (χ0v) is 14.8. The number of hydrogen-bond donors (Lipinski definition) is 3. The van der Waals surface area contributed by atoms with E-state index in [0.717, 1.165) is 38.6 Å². The Morgan fingerprint density at radius 2 is 2.00 bits per heavy atom. The van der Waals surface area contributed by atoms with E-state index in [-0.39, 0.29) is 11.6 Å². The van der Waals surface area contributed by atoms with E-state index in [2.05, 4.69) is 64.8 Å². The largest absolute Gasteiger partial charge is 0.381 e. The van der Waals surface area contributed by atoms with Gasteiger partial charge in [0.1, 0.15) is 0 Å². The van der Waals surface area contributed by atoms with Crippen molar-refractivity contribution in [2.75, 3.05) is 33.4 Å². The minimum absolute atomic E-state index is 0.000687. The number of nitrogens with one attached hydrogen (secondary N) is 3. The Kier molecular flexibility index (Phi) is 7.28. The molecule has 1 aromatic rings. The third-order valence-corrected chi connectivity index (χ3v) is 4.50. The zero-order chi connectivity index (χ0) is 17.3. The summed E-state index contributed by atoms with van der Waals surface area (Å²) in [6, 6.07) is 10.9. The summed E-state index contributed by atoms with van der Waals surface area (Å²) in [6.07, 6.45) is 3.79. The number of benzene rings is 1. The van der Waals surface area contributed by atoms with Crippen molar-refractivity contribution in [3.8, 4) is 0 Å². The van der Waals surface area contributed by atoms with Crippen molar-refractivity contribution < 1.29 is 4.74 Å². The summed E-state index contributed by atoms with van der Waals surface area (Å²) >= 11 is 0. The van der Waals surface area contributed by atoms with E-state index < -0.39 is 0 Å². The van der Waals surface area contributed by atoms with Gasteiger partial charge in [-0.25, -0.2) is 0 Å². The minimum Gasteiger partial charge on any atom is -0.381 e. The van der Waals surface area contributed by atoms with Gasteiger partial charge in [-0.2, -0.15) is 0 Å². The molecule has 1 saturated heterocycles. The van der Waals surface area contributed by atoms with Crippen LogP contribution in [0.25, 0.3) is 0 Å². The van der Waals surface area contributed by atoms with Crippen LogP contribution in [0.15, 0.2) is 48.0 Å². The van der Waals surface area contributed by atoms with Crippen LogP contribution in [0, 0.1) is 0 Å². The van der Waals surface area contributed by atoms with Gasteiger partial charge in [-0.1, -0.05) is 36.4 Å². The first-order valence-electron chi connectivity index (χ1n) is 8.65. The fourth-order valence-corrected chi connectivity index (χ4v) is 3.06. The number of aliphatic imine (C=N–C) groups is 1. The molecule has 1 fully saturated rings. The Bertz CT molecular complexity index is 523. The highest BCUT2D eigenvalue weighted by Gasteiger charge is 2.34. The Morgan fingerprint density at radius 1 is 1.29 bits per heavy atom. The first kappa shape index (κ1) is 18.5. The van der Waals surface area contributed by atoms with Crippen molar-refractivity contribution in [2.24, 2.45) is 4.99 Å². The first-order valence-corrected chi connectivity index (χ1v) is 8.65. The molecule has 5 heteroatoms. The molecule has 1 unspecified atom stereocenters. The van der Waals surface area contributed by atoms with E-state index in [0.29, 0.717) is 6.54 Å². The summed E-state index contributed by atoms with van der Waals surface area (Å²) < 4.78 is 5.58. The molecule has 1 aliphatic rings. The molecule has 1 aliphatic heterocycles. The maximum absolute atomic E-state index is 5.58. The quantitative estimate of drug-likeness (QED) is 0.408. The zero-order valence-electron chi connectivity index (χ0n) is 14.8. The predicted molar refractivity (Wildman–Crippen MR) is 100 cm³/mol. The van der Waals surface area contributed by atoms with Gasteiger partial charge in [-0.3, -0.25) is 4.99 Å². The molecule has 2 rings (SSSR count). The summed E-state index contributed by atoms with van der Waals surface area (Å²) in [5.74, 6) is 0.801. The summed E-state index contributed by atoms with van der Waals surface area (Å²) in [5.41, 5.74) is 1.30. The Morgan fingerprint density at radius 3 is 2.62 bits per heavy atom. The Labute approximate surface area is 145 Å². The highest BCUT2D eigenvalue weighted by atomic mass is 16.5. The first-order chi connectivity index (χ1) is 11.7. The van der Waals surface area contributed by atoms with E-state index in [9.17, 15) is 0 Å². The molecular weight excluding hydrogens is 300 g/mol. The summed E-state index contributed by atoms with van der Waals surface area (Å²) in [7, 11) is 1.79. The number of hydrogen-bond acceptors (Lipinski definition) is 3. The lowest BCUT2D eigenvalue weighted by Crippen LogP contribution is -2.58. The lowest BCUT2D eigenvalue weighted by Gasteiger charge is -2.41. The lowest BCUT2D eigenvalue weighted by atomic mass is 9.88. The van der Waals surface area contributed by atoms with Crippen molar-refractivity contribution in [1.29, 1.82) is 0 Å². The lowest BCUT2D eigenvalue weighted by molar-refractivity contribution is 0.0355. The van der Waals surface area contributed by atoms with E-state index in [1.807, 2.05) is 6.08 Å². The van der Waals surface area contributed by atoms with Crippen molar-refractivity contribution in [2.45, 2.75) is 31.3 Å². The molecule has 1 atom stereocenters. The molecule has 3 N–H and O–H groups in total. The molecular formula is C19H30N4O. The van der Waals surface area contributed by atoms with Crippen molar-refractivity contribution in [3.63, 3.8) is 0 Å². The van der Waals surface area contributed by atoms with Crippen molar-refractivity contribution >= 4 is 5.96 Å². The maximum Gasteiger partial charge on any atom is 0.191 e. The number of ether oxygens (including phenoxy) is 1.